The molecule has 0 aliphatic rings. The summed E-state index contributed by atoms with van der Waals surface area (Å²) in [6, 6.07) is 19.3. The summed E-state index contributed by atoms with van der Waals surface area (Å²) < 4.78 is 29.6. The average Bonchev–Trinajstić information content (AvgIpc) is 2.83. The molecule has 0 bridgehead atoms. The molecule has 0 aliphatic carbocycles. The number of hydrogen-bond acceptors (Lipinski definition) is 5. The quantitative estimate of drug-likeness (QED) is 0.164. The lowest BCUT2D eigenvalue weighted by Gasteiger charge is -2.08. The Bertz CT molecular complexity index is 1250. The van der Waals surface area contributed by atoms with E-state index < -0.39 is 17.8 Å². The molecule has 0 N–H and O–H groups in total. The lowest BCUT2D eigenvalue weighted by molar-refractivity contribution is -0.133. The molecular formula is C28H23FO5. The number of halogens is 1. The van der Waals surface area contributed by atoms with E-state index in [0.717, 1.165) is 29.2 Å². The summed E-state index contributed by atoms with van der Waals surface area (Å²) in [5.74, 6) is -1.19. The number of ether oxygens (including phenoxy) is 3. The van der Waals surface area contributed by atoms with Gasteiger partial charge >= 0.3 is 11.9 Å². The molecule has 5 nitrogen and oxygen atoms in total. The van der Waals surface area contributed by atoms with Gasteiger partial charge in [-0.2, -0.15) is 0 Å². The maximum atomic E-state index is 14.5. The van der Waals surface area contributed by atoms with Gasteiger partial charge in [0.25, 0.3) is 0 Å². The minimum absolute atomic E-state index is 0.00423. The van der Waals surface area contributed by atoms with Crippen molar-refractivity contribution in [3.05, 3.63) is 109 Å². The van der Waals surface area contributed by atoms with Gasteiger partial charge in [0.15, 0.2) is 11.6 Å². The van der Waals surface area contributed by atoms with Crippen LogP contribution in [0.2, 0.25) is 0 Å². The van der Waals surface area contributed by atoms with Crippen LogP contribution in [0.5, 0.6) is 11.5 Å². The lowest BCUT2D eigenvalue weighted by atomic mass is 10.00. The Hall–Kier alpha value is -4.45. The third kappa shape index (κ3) is 6.29. The highest BCUT2D eigenvalue weighted by atomic mass is 19.1. The Labute approximate surface area is 197 Å². The van der Waals surface area contributed by atoms with Crippen LogP contribution < -0.4 is 9.47 Å². The second-order valence-corrected chi connectivity index (χ2v) is 7.49. The smallest absolute Gasteiger partial charge is 0.338 e. The molecule has 34 heavy (non-hydrogen) atoms. The number of carbonyl (C=O) groups is 2. The first-order chi connectivity index (χ1) is 16.2. The van der Waals surface area contributed by atoms with Crippen molar-refractivity contribution in [3.8, 4) is 33.8 Å². The fourth-order valence-electron chi connectivity index (χ4n) is 2.83. The van der Waals surface area contributed by atoms with E-state index in [1.807, 2.05) is 36.4 Å². The third-order valence-corrected chi connectivity index (χ3v) is 4.67. The van der Waals surface area contributed by atoms with E-state index in [9.17, 15) is 14.0 Å². The largest absolute Gasteiger partial charge is 0.459 e. The number of hydrogen-bond donors (Lipinski definition) is 0. The normalized spacial score (nSPS) is 10.6. The predicted molar refractivity (Wildman–Crippen MR) is 128 cm³/mol. The molecule has 0 saturated carbocycles. The van der Waals surface area contributed by atoms with Crippen LogP contribution in [0.15, 0.2) is 104 Å². The van der Waals surface area contributed by atoms with E-state index in [0.29, 0.717) is 16.9 Å². The first kappa shape index (κ1) is 24.2. The maximum absolute atomic E-state index is 14.5. The topological polar surface area (TPSA) is 61.8 Å². The molecule has 0 radical (unpaired) electrons. The molecule has 0 saturated heterocycles. The van der Waals surface area contributed by atoms with E-state index in [-0.39, 0.29) is 11.3 Å². The van der Waals surface area contributed by atoms with Crippen molar-refractivity contribution in [1.82, 2.24) is 0 Å². The highest BCUT2D eigenvalue weighted by molar-refractivity contribution is 5.89. The van der Waals surface area contributed by atoms with Crippen LogP contribution in [-0.2, 0) is 14.3 Å². The van der Waals surface area contributed by atoms with Gasteiger partial charge in [-0.25, -0.2) is 14.0 Å². The summed E-state index contributed by atoms with van der Waals surface area (Å²) in [6.45, 7) is 10.1. The zero-order chi connectivity index (χ0) is 24.7. The Morgan fingerprint density at radius 1 is 0.735 bits per heavy atom. The van der Waals surface area contributed by atoms with Crippen LogP contribution in [0.25, 0.3) is 22.3 Å². The Kier molecular flexibility index (Phi) is 7.77. The Morgan fingerprint density at radius 3 is 1.76 bits per heavy atom. The summed E-state index contributed by atoms with van der Waals surface area (Å²) in [7, 11) is 0. The molecule has 0 aliphatic heterocycles. The van der Waals surface area contributed by atoms with Crippen molar-refractivity contribution < 1.29 is 28.2 Å². The van der Waals surface area contributed by atoms with Crippen molar-refractivity contribution in [3.63, 3.8) is 0 Å². The van der Waals surface area contributed by atoms with E-state index in [2.05, 4.69) is 13.2 Å². The molecule has 3 rings (SSSR count). The highest BCUT2D eigenvalue weighted by Crippen LogP contribution is 2.29. The second kappa shape index (κ2) is 10.9. The fourth-order valence-corrected chi connectivity index (χ4v) is 2.83. The van der Waals surface area contributed by atoms with E-state index in [1.165, 1.54) is 19.1 Å². The molecule has 0 atom stereocenters. The van der Waals surface area contributed by atoms with Gasteiger partial charge in [-0.1, -0.05) is 55.6 Å². The van der Waals surface area contributed by atoms with Crippen molar-refractivity contribution in [1.29, 1.82) is 0 Å². The number of benzene rings is 3. The van der Waals surface area contributed by atoms with Crippen LogP contribution in [0.3, 0.4) is 0 Å². The van der Waals surface area contributed by atoms with Gasteiger partial charge in [0, 0.05) is 11.1 Å². The van der Waals surface area contributed by atoms with Gasteiger partial charge in [0.2, 0.25) is 0 Å². The third-order valence-electron chi connectivity index (χ3n) is 4.67. The lowest BCUT2D eigenvalue weighted by Crippen LogP contribution is -2.07. The number of carbonyl (C=O) groups excluding carboxylic acids is 2. The summed E-state index contributed by atoms with van der Waals surface area (Å²) in [5.41, 5.74) is 3.97. The molecule has 0 fully saturated rings. The van der Waals surface area contributed by atoms with E-state index in [4.69, 9.17) is 14.2 Å². The summed E-state index contributed by atoms with van der Waals surface area (Å²) in [6.07, 6.45) is 2.11. The van der Waals surface area contributed by atoms with Gasteiger partial charge in [-0.05, 0) is 60.4 Å². The summed E-state index contributed by atoms with van der Waals surface area (Å²) >= 11 is 0. The molecule has 0 heterocycles. The second-order valence-electron chi connectivity index (χ2n) is 7.49. The zero-order valence-electron chi connectivity index (χ0n) is 18.8. The van der Waals surface area contributed by atoms with E-state index in [1.54, 1.807) is 25.1 Å². The van der Waals surface area contributed by atoms with Crippen LogP contribution >= 0.6 is 0 Å². The Balaban J connectivity index is 1.66. The van der Waals surface area contributed by atoms with Crippen molar-refractivity contribution in [2.75, 3.05) is 0 Å². The molecule has 172 valence electrons. The van der Waals surface area contributed by atoms with Gasteiger partial charge in [0.1, 0.15) is 18.3 Å². The molecule has 0 spiro atoms. The summed E-state index contributed by atoms with van der Waals surface area (Å²) in [4.78, 5) is 22.9. The van der Waals surface area contributed by atoms with Gasteiger partial charge < -0.3 is 14.2 Å². The predicted octanol–water partition coefficient (Wildman–Crippen LogP) is 6.61. The SMILES string of the molecule is C=C(C)C(=O)OC=COc1ccc(-c2ccc(-c3ccc(OC(=O)C(=C)C)cc3)cc2)cc1F. The molecular weight excluding hydrogens is 435 g/mol. The summed E-state index contributed by atoms with van der Waals surface area (Å²) in [5, 5.41) is 0. The molecule has 0 amide bonds. The zero-order valence-corrected chi connectivity index (χ0v) is 18.8. The average molecular weight is 458 g/mol. The van der Waals surface area contributed by atoms with Crippen LogP contribution in [0, 0.1) is 5.82 Å². The van der Waals surface area contributed by atoms with Crippen molar-refractivity contribution in [2.24, 2.45) is 0 Å². The Morgan fingerprint density at radius 2 is 1.24 bits per heavy atom. The minimum atomic E-state index is -0.596. The number of esters is 2. The van der Waals surface area contributed by atoms with Gasteiger partial charge in [0.05, 0.1) is 0 Å². The molecule has 3 aromatic rings. The maximum Gasteiger partial charge on any atom is 0.338 e. The van der Waals surface area contributed by atoms with Crippen molar-refractivity contribution >= 4 is 11.9 Å². The van der Waals surface area contributed by atoms with Crippen LogP contribution in [-0.4, -0.2) is 11.9 Å². The minimum Gasteiger partial charge on any atom is -0.459 e. The highest BCUT2D eigenvalue weighted by Gasteiger charge is 2.08. The fraction of sp³-hybridized carbons (Fsp3) is 0.0714. The molecule has 0 aromatic heterocycles. The number of rotatable bonds is 8. The molecule has 3 aromatic carbocycles. The molecule has 0 unspecified atom stereocenters. The van der Waals surface area contributed by atoms with Crippen LogP contribution in [0.4, 0.5) is 4.39 Å². The van der Waals surface area contributed by atoms with Crippen molar-refractivity contribution in [2.45, 2.75) is 13.8 Å². The first-order valence-corrected chi connectivity index (χ1v) is 10.3. The van der Waals surface area contributed by atoms with Gasteiger partial charge in [-0.15, -0.1) is 0 Å². The molecule has 6 heteroatoms. The van der Waals surface area contributed by atoms with Gasteiger partial charge in [-0.3, -0.25) is 0 Å². The van der Waals surface area contributed by atoms with E-state index >= 15 is 0 Å². The van der Waals surface area contributed by atoms with Crippen LogP contribution in [0.1, 0.15) is 13.8 Å². The standard InChI is InChI=1S/C28H23FO5/c1-18(2)27(30)33-16-15-32-26-14-11-23(17-25(26)29)22-7-5-20(6-8-22)21-9-12-24(13-10-21)34-28(31)19(3)4/h5-17H,1,3H2,2,4H3. The monoisotopic (exact) mass is 458 g/mol. The first-order valence-electron chi connectivity index (χ1n) is 10.3.